The van der Waals surface area contributed by atoms with Crippen LogP contribution in [0.3, 0.4) is 0 Å². The Kier molecular flexibility index (Phi) is 4.57. The van der Waals surface area contributed by atoms with Gasteiger partial charge in [-0.2, -0.15) is 9.97 Å². The minimum Gasteiger partial charge on any atom is -0.393 e. The van der Waals surface area contributed by atoms with E-state index in [0.717, 1.165) is 25.7 Å². The average Bonchev–Trinajstić information content (AvgIpc) is 2.64. The Morgan fingerprint density at radius 2 is 1.92 bits per heavy atom. The number of benzene rings is 1. The van der Waals surface area contributed by atoms with E-state index >= 15 is 0 Å². The molecule has 0 unspecified atom stereocenters. The highest BCUT2D eigenvalue weighted by Crippen LogP contribution is 2.22. The Labute approximate surface area is 154 Å². The molecule has 1 saturated carbocycles. The molecule has 2 heterocycles. The molecular weight excluding hydrogens is 354 g/mol. The minimum atomic E-state index is -0.448. The van der Waals surface area contributed by atoms with Crippen LogP contribution in [0.15, 0.2) is 41.5 Å². The maximum atomic E-state index is 12.4. The Hall–Kier alpha value is -2.51. The van der Waals surface area contributed by atoms with Crippen LogP contribution < -0.4 is 11.0 Å². The molecule has 0 saturated heterocycles. The highest BCUT2D eigenvalue weighted by atomic mass is 35.5. The van der Waals surface area contributed by atoms with Crippen molar-refractivity contribution in [3.8, 4) is 5.69 Å². The van der Waals surface area contributed by atoms with Crippen molar-refractivity contribution < 1.29 is 5.11 Å². The third kappa shape index (κ3) is 3.40. The smallest absolute Gasteiger partial charge is 0.354 e. The minimum absolute atomic E-state index is 0.212. The largest absolute Gasteiger partial charge is 0.393 e. The van der Waals surface area contributed by atoms with E-state index in [1.54, 1.807) is 30.6 Å². The van der Waals surface area contributed by atoms with Gasteiger partial charge in [0.05, 0.1) is 22.2 Å². The van der Waals surface area contributed by atoms with Crippen LogP contribution in [0.25, 0.3) is 16.7 Å². The first-order chi connectivity index (χ1) is 12.6. The average molecular weight is 372 g/mol. The monoisotopic (exact) mass is 371 g/mol. The van der Waals surface area contributed by atoms with Gasteiger partial charge in [0.1, 0.15) is 0 Å². The molecule has 0 bridgehead atoms. The maximum absolute atomic E-state index is 12.4. The van der Waals surface area contributed by atoms with Crippen molar-refractivity contribution in [2.24, 2.45) is 0 Å². The number of aliphatic hydroxyl groups is 1. The Bertz CT molecular complexity index is 998. The van der Waals surface area contributed by atoms with Crippen LogP contribution >= 0.6 is 11.6 Å². The molecule has 1 aromatic carbocycles. The van der Waals surface area contributed by atoms with Crippen LogP contribution in [0.2, 0.25) is 5.02 Å². The summed E-state index contributed by atoms with van der Waals surface area (Å²) in [6, 6.07) is 7.31. The summed E-state index contributed by atoms with van der Waals surface area (Å²) in [5, 5.41) is 14.0. The molecule has 7 nitrogen and oxygen atoms in total. The van der Waals surface area contributed by atoms with Crippen molar-refractivity contribution in [2.75, 3.05) is 5.32 Å². The summed E-state index contributed by atoms with van der Waals surface area (Å²) in [5.74, 6) is 0.446. The molecule has 1 fully saturated rings. The summed E-state index contributed by atoms with van der Waals surface area (Å²) in [4.78, 5) is 25.2. The molecule has 0 atom stereocenters. The van der Waals surface area contributed by atoms with E-state index in [-0.39, 0.29) is 12.1 Å². The number of halogens is 1. The predicted octanol–water partition coefficient (Wildman–Crippen LogP) is 2.54. The lowest BCUT2D eigenvalue weighted by molar-refractivity contribution is 0.126. The fraction of sp³-hybridized carbons (Fsp3) is 0.333. The van der Waals surface area contributed by atoms with Crippen molar-refractivity contribution in [2.45, 2.75) is 37.8 Å². The normalized spacial score (nSPS) is 20.2. The van der Waals surface area contributed by atoms with E-state index in [2.05, 4.69) is 20.3 Å². The number of hydrogen-bond donors (Lipinski definition) is 2. The van der Waals surface area contributed by atoms with Crippen molar-refractivity contribution in [1.82, 2.24) is 19.5 Å². The summed E-state index contributed by atoms with van der Waals surface area (Å²) in [5.41, 5.74) is 0.458. The first kappa shape index (κ1) is 16.9. The number of para-hydroxylation sites is 1. The molecule has 1 aliphatic carbocycles. The molecule has 4 rings (SSSR count). The van der Waals surface area contributed by atoms with Gasteiger partial charge in [-0.15, -0.1) is 0 Å². The van der Waals surface area contributed by atoms with E-state index in [1.165, 1.54) is 4.57 Å². The summed E-state index contributed by atoms with van der Waals surface area (Å²) in [7, 11) is 0. The van der Waals surface area contributed by atoms with Crippen LogP contribution in [0, 0.1) is 0 Å². The van der Waals surface area contributed by atoms with E-state index in [4.69, 9.17) is 11.6 Å². The first-order valence-electron chi connectivity index (χ1n) is 8.56. The summed E-state index contributed by atoms with van der Waals surface area (Å²) in [6.07, 6.45) is 6.34. The molecule has 3 aromatic rings. The number of rotatable bonds is 3. The van der Waals surface area contributed by atoms with E-state index in [9.17, 15) is 9.90 Å². The molecule has 0 spiro atoms. The first-order valence-corrected chi connectivity index (χ1v) is 8.94. The van der Waals surface area contributed by atoms with Crippen LogP contribution in [0.5, 0.6) is 0 Å². The van der Waals surface area contributed by atoms with Gasteiger partial charge >= 0.3 is 5.69 Å². The third-order valence-electron chi connectivity index (χ3n) is 4.61. The standard InChI is InChI=1S/C18H18ClN5O2/c19-14-3-1-2-4-15(14)24-10-11-9-20-17(22-16(11)23-18(24)26)21-12-5-7-13(25)8-6-12/h1-4,9-10,12-13,25H,5-8H2,(H,21,22,23,26). The maximum Gasteiger partial charge on any atom is 0.354 e. The van der Waals surface area contributed by atoms with Crippen molar-refractivity contribution in [3.05, 3.63) is 52.2 Å². The highest BCUT2D eigenvalue weighted by molar-refractivity contribution is 6.32. The number of nitrogens with one attached hydrogen (secondary N) is 1. The lowest BCUT2D eigenvalue weighted by Gasteiger charge is -2.26. The third-order valence-corrected chi connectivity index (χ3v) is 4.93. The lowest BCUT2D eigenvalue weighted by Crippen LogP contribution is -2.29. The van der Waals surface area contributed by atoms with Crippen molar-refractivity contribution in [3.63, 3.8) is 0 Å². The Morgan fingerprint density at radius 1 is 1.15 bits per heavy atom. The highest BCUT2D eigenvalue weighted by Gasteiger charge is 2.20. The molecule has 0 aliphatic heterocycles. The quantitative estimate of drug-likeness (QED) is 0.735. The Balaban J connectivity index is 1.65. The number of hydrogen-bond acceptors (Lipinski definition) is 6. The second-order valence-electron chi connectivity index (χ2n) is 6.47. The van der Waals surface area contributed by atoms with Gasteiger partial charge in [-0.3, -0.25) is 4.57 Å². The molecule has 2 N–H and O–H groups in total. The van der Waals surface area contributed by atoms with Gasteiger partial charge in [0, 0.05) is 18.4 Å². The second kappa shape index (κ2) is 7.01. The Morgan fingerprint density at radius 3 is 2.69 bits per heavy atom. The number of nitrogens with zero attached hydrogens (tertiary/aromatic N) is 4. The van der Waals surface area contributed by atoms with Gasteiger partial charge in [-0.05, 0) is 37.8 Å². The van der Waals surface area contributed by atoms with Gasteiger partial charge in [0.15, 0.2) is 5.65 Å². The number of aromatic nitrogens is 4. The number of aliphatic hydroxyl groups excluding tert-OH is 1. The van der Waals surface area contributed by atoms with Gasteiger partial charge in [0.25, 0.3) is 0 Å². The van der Waals surface area contributed by atoms with Gasteiger partial charge < -0.3 is 10.4 Å². The van der Waals surface area contributed by atoms with Gasteiger partial charge in [-0.1, -0.05) is 23.7 Å². The fourth-order valence-corrected chi connectivity index (χ4v) is 3.42. The predicted molar refractivity (Wildman–Crippen MR) is 99.8 cm³/mol. The van der Waals surface area contributed by atoms with Crippen molar-refractivity contribution in [1.29, 1.82) is 0 Å². The zero-order valence-electron chi connectivity index (χ0n) is 14.0. The van der Waals surface area contributed by atoms with Crippen LogP contribution in [-0.2, 0) is 0 Å². The van der Waals surface area contributed by atoms with Crippen LogP contribution in [0.1, 0.15) is 25.7 Å². The van der Waals surface area contributed by atoms with Crippen LogP contribution in [0.4, 0.5) is 5.95 Å². The molecule has 134 valence electrons. The fourth-order valence-electron chi connectivity index (χ4n) is 3.19. The summed E-state index contributed by atoms with van der Waals surface area (Å²) < 4.78 is 1.39. The number of fused-ring (bicyclic) bond motifs is 1. The topological polar surface area (TPSA) is 92.9 Å². The van der Waals surface area contributed by atoms with Gasteiger partial charge in [0.2, 0.25) is 5.95 Å². The zero-order valence-corrected chi connectivity index (χ0v) is 14.7. The SMILES string of the molecule is O=c1nc2nc(NC3CCC(O)CC3)ncc2cn1-c1ccccc1Cl. The number of anilines is 1. The van der Waals surface area contributed by atoms with E-state index in [0.29, 0.717) is 27.7 Å². The summed E-state index contributed by atoms with van der Waals surface area (Å²) >= 11 is 6.18. The molecule has 26 heavy (non-hydrogen) atoms. The van der Waals surface area contributed by atoms with Crippen molar-refractivity contribution >= 4 is 28.6 Å². The molecule has 2 aromatic heterocycles. The molecule has 1 aliphatic rings. The molecule has 0 radical (unpaired) electrons. The summed E-state index contributed by atoms with van der Waals surface area (Å²) in [6.45, 7) is 0. The second-order valence-corrected chi connectivity index (χ2v) is 6.87. The van der Waals surface area contributed by atoms with Crippen LogP contribution in [-0.4, -0.2) is 36.8 Å². The lowest BCUT2D eigenvalue weighted by atomic mass is 9.93. The molecule has 8 heteroatoms. The van der Waals surface area contributed by atoms with Gasteiger partial charge in [-0.25, -0.2) is 9.78 Å². The molecule has 0 amide bonds. The zero-order chi connectivity index (χ0) is 18.1. The van der Waals surface area contributed by atoms with E-state index in [1.807, 2.05) is 6.07 Å². The van der Waals surface area contributed by atoms with E-state index < -0.39 is 5.69 Å². The molecular formula is C18H18ClN5O2.